The summed E-state index contributed by atoms with van der Waals surface area (Å²) in [5.41, 5.74) is 7.25. The zero-order valence-corrected chi connectivity index (χ0v) is 13.7. The fourth-order valence-electron chi connectivity index (χ4n) is 2.46. The topological polar surface area (TPSA) is 49.6 Å². The van der Waals surface area contributed by atoms with Gasteiger partial charge in [-0.05, 0) is 23.3 Å². The molecule has 2 aromatic heterocycles. The van der Waals surface area contributed by atoms with E-state index in [0.717, 1.165) is 27.3 Å². The highest BCUT2D eigenvalue weighted by molar-refractivity contribution is 7.16. The van der Waals surface area contributed by atoms with E-state index in [1.54, 1.807) is 11.3 Å². The smallest absolute Gasteiger partial charge is 0.107 e. The van der Waals surface area contributed by atoms with Crippen LogP contribution in [0.1, 0.15) is 5.01 Å². The molecule has 0 fully saturated rings. The zero-order chi connectivity index (χ0) is 15.6. The predicted octanol–water partition coefficient (Wildman–Crippen LogP) is 5.15. The summed E-state index contributed by atoms with van der Waals surface area (Å²) < 4.78 is 1.21. The average Bonchev–Trinajstić information content (AvgIpc) is 3.24. The molecule has 110 valence electrons. The number of fused-ring (bicyclic) bond motifs is 1. The van der Waals surface area contributed by atoms with Crippen molar-refractivity contribution in [3.63, 3.8) is 0 Å². The largest absolute Gasteiger partial charge is 0.245 e. The molecular weight excluding hydrogens is 322 g/mol. The van der Waals surface area contributed by atoms with E-state index in [1.807, 2.05) is 10.9 Å². The number of hydrogen-bond donors (Lipinski definition) is 0. The Balaban J connectivity index is 1.65. The second kappa shape index (κ2) is 5.92. The molecule has 2 heterocycles. The maximum Gasteiger partial charge on any atom is 0.107 e. The van der Waals surface area contributed by atoms with Crippen molar-refractivity contribution in [2.45, 2.75) is 6.42 Å². The van der Waals surface area contributed by atoms with E-state index >= 15 is 0 Å². The molecule has 0 aliphatic rings. The molecule has 0 N–H and O–H groups in total. The van der Waals surface area contributed by atoms with Crippen LogP contribution in [0.2, 0.25) is 0 Å². The highest BCUT2D eigenvalue weighted by Crippen LogP contribution is 2.28. The summed E-state index contributed by atoms with van der Waals surface area (Å²) >= 11 is 3.19. The number of hydrogen-bond acceptors (Lipinski definition) is 5. The molecule has 0 aliphatic heterocycles. The van der Waals surface area contributed by atoms with Crippen molar-refractivity contribution in [2.75, 3.05) is 0 Å². The summed E-state index contributed by atoms with van der Waals surface area (Å²) in [5.74, 6) is 0. The molecule has 0 bridgehead atoms. The molecule has 4 rings (SSSR count). The van der Waals surface area contributed by atoms with Gasteiger partial charge in [-0.1, -0.05) is 30.3 Å². The number of nitriles is 1. The van der Waals surface area contributed by atoms with E-state index in [1.165, 1.54) is 21.6 Å². The lowest BCUT2D eigenvalue weighted by molar-refractivity contribution is 1.19. The van der Waals surface area contributed by atoms with Crippen LogP contribution in [0.3, 0.4) is 0 Å². The fourth-order valence-corrected chi connectivity index (χ4v) is 3.86. The van der Waals surface area contributed by atoms with E-state index in [9.17, 15) is 0 Å². The lowest BCUT2D eigenvalue weighted by Gasteiger charge is -2.03. The first-order valence-electron chi connectivity index (χ1n) is 7.09. The van der Waals surface area contributed by atoms with Gasteiger partial charge < -0.3 is 0 Å². The Morgan fingerprint density at radius 2 is 1.74 bits per heavy atom. The minimum absolute atomic E-state index is 0.371. The van der Waals surface area contributed by atoms with Gasteiger partial charge in [-0.25, -0.2) is 9.97 Å². The van der Waals surface area contributed by atoms with Crippen LogP contribution >= 0.6 is 22.7 Å². The molecule has 0 saturated heterocycles. The molecule has 3 nitrogen and oxygen atoms in total. The highest BCUT2D eigenvalue weighted by Gasteiger charge is 2.06. The Morgan fingerprint density at radius 1 is 0.957 bits per heavy atom. The van der Waals surface area contributed by atoms with Crippen LogP contribution in [-0.2, 0) is 6.42 Å². The van der Waals surface area contributed by atoms with E-state index in [4.69, 9.17) is 5.26 Å². The van der Waals surface area contributed by atoms with Crippen LogP contribution in [0.15, 0.2) is 53.4 Å². The van der Waals surface area contributed by atoms with Crippen molar-refractivity contribution in [1.29, 1.82) is 5.26 Å². The minimum Gasteiger partial charge on any atom is -0.245 e. The Labute approximate surface area is 141 Å². The van der Waals surface area contributed by atoms with E-state index < -0.39 is 0 Å². The van der Waals surface area contributed by atoms with Crippen molar-refractivity contribution in [3.8, 4) is 28.5 Å². The van der Waals surface area contributed by atoms with Crippen LogP contribution in [0.25, 0.3) is 32.6 Å². The number of nitrogens with zero attached hydrogens (tertiary/aromatic N) is 3. The molecule has 0 spiro atoms. The van der Waals surface area contributed by atoms with Crippen LogP contribution in [0.5, 0.6) is 0 Å². The first-order valence-corrected chi connectivity index (χ1v) is 8.85. The Hall–Kier alpha value is -2.55. The number of aromatic nitrogens is 2. The van der Waals surface area contributed by atoms with Crippen LogP contribution < -0.4 is 0 Å². The third-order valence-electron chi connectivity index (χ3n) is 3.63. The van der Waals surface area contributed by atoms with Gasteiger partial charge in [0.25, 0.3) is 0 Å². The SMILES string of the molecule is N#CCc1nc(-c2ccc(-c3ccc4scnc4c3)cc2)cs1. The highest BCUT2D eigenvalue weighted by atomic mass is 32.1. The van der Waals surface area contributed by atoms with Gasteiger partial charge in [-0.2, -0.15) is 5.26 Å². The molecule has 0 amide bonds. The van der Waals surface area contributed by atoms with Gasteiger partial charge in [-0.15, -0.1) is 22.7 Å². The van der Waals surface area contributed by atoms with Gasteiger partial charge in [0.2, 0.25) is 0 Å². The molecule has 0 aliphatic carbocycles. The summed E-state index contributed by atoms with van der Waals surface area (Å²) in [6, 6.07) is 16.9. The van der Waals surface area contributed by atoms with Crippen LogP contribution in [0, 0.1) is 11.3 Å². The molecule has 0 radical (unpaired) electrons. The minimum atomic E-state index is 0.371. The van der Waals surface area contributed by atoms with Crippen molar-refractivity contribution >= 4 is 32.9 Å². The van der Waals surface area contributed by atoms with Gasteiger partial charge in [0.1, 0.15) is 5.01 Å². The number of benzene rings is 2. The third kappa shape index (κ3) is 2.74. The first-order chi connectivity index (χ1) is 11.3. The Bertz CT molecular complexity index is 1010. The Kier molecular flexibility index (Phi) is 3.62. The van der Waals surface area contributed by atoms with Gasteiger partial charge in [0, 0.05) is 10.9 Å². The normalized spacial score (nSPS) is 10.7. The van der Waals surface area contributed by atoms with Crippen molar-refractivity contribution in [2.24, 2.45) is 0 Å². The molecule has 0 saturated carbocycles. The van der Waals surface area contributed by atoms with Gasteiger partial charge in [0.15, 0.2) is 0 Å². The summed E-state index contributed by atoms with van der Waals surface area (Å²) in [5, 5.41) is 11.6. The average molecular weight is 333 g/mol. The lowest BCUT2D eigenvalue weighted by Crippen LogP contribution is -1.83. The summed E-state index contributed by atoms with van der Waals surface area (Å²) in [6.07, 6.45) is 0.371. The molecule has 23 heavy (non-hydrogen) atoms. The predicted molar refractivity (Wildman–Crippen MR) is 95.5 cm³/mol. The van der Waals surface area contributed by atoms with Gasteiger partial charge in [0.05, 0.1) is 33.9 Å². The van der Waals surface area contributed by atoms with Crippen molar-refractivity contribution in [3.05, 3.63) is 58.4 Å². The van der Waals surface area contributed by atoms with Crippen molar-refractivity contribution in [1.82, 2.24) is 9.97 Å². The summed E-state index contributed by atoms with van der Waals surface area (Å²) in [7, 11) is 0. The van der Waals surface area contributed by atoms with E-state index in [0.29, 0.717) is 6.42 Å². The zero-order valence-electron chi connectivity index (χ0n) is 12.1. The van der Waals surface area contributed by atoms with Crippen LogP contribution in [0.4, 0.5) is 0 Å². The molecule has 5 heteroatoms. The lowest BCUT2D eigenvalue weighted by atomic mass is 10.0. The quantitative estimate of drug-likeness (QED) is 0.521. The maximum absolute atomic E-state index is 8.73. The Morgan fingerprint density at radius 3 is 2.57 bits per heavy atom. The van der Waals surface area contributed by atoms with Crippen molar-refractivity contribution < 1.29 is 0 Å². The summed E-state index contributed by atoms with van der Waals surface area (Å²) in [6.45, 7) is 0. The molecular formula is C18H11N3S2. The first kappa shape index (κ1) is 14.1. The fraction of sp³-hybridized carbons (Fsp3) is 0.0556. The summed E-state index contributed by atoms with van der Waals surface area (Å²) in [4.78, 5) is 8.87. The second-order valence-corrected chi connectivity index (χ2v) is 6.90. The van der Waals surface area contributed by atoms with Gasteiger partial charge in [-0.3, -0.25) is 0 Å². The number of rotatable bonds is 3. The van der Waals surface area contributed by atoms with E-state index in [-0.39, 0.29) is 0 Å². The second-order valence-electron chi connectivity index (χ2n) is 5.07. The number of thiazole rings is 2. The standard InChI is InChI=1S/C18H11N3S2/c19-8-7-18-21-16(10-22-18)13-3-1-12(2-4-13)14-5-6-17-15(9-14)20-11-23-17/h1-6,9-11H,7H2. The van der Waals surface area contributed by atoms with E-state index in [2.05, 4.69) is 58.5 Å². The van der Waals surface area contributed by atoms with Gasteiger partial charge >= 0.3 is 0 Å². The maximum atomic E-state index is 8.73. The molecule has 4 aromatic rings. The molecule has 0 unspecified atom stereocenters. The monoisotopic (exact) mass is 333 g/mol. The third-order valence-corrected chi connectivity index (χ3v) is 5.29. The molecule has 2 aromatic carbocycles. The van der Waals surface area contributed by atoms with Crippen LogP contribution in [-0.4, -0.2) is 9.97 Å². The molecule has 0 atom stereocenters.